The van der Waals surface area contributed by atoms with Crippen molar-refractivity contribution in [3.8, 4) is 11.8 Å². The Labute approximate surface area is 197 Å². The van der Waals surface area contributed by atoms with Gasteiger partial charge in [0.15, 0.2) is 0 Å². The lowest BCUT2D eigenvalue weighted by Crippen LogP contribution is -2.43. The van der Waals surface area contributed by atoms with Gasteiger partial charge in [-0.2, -0.15) is 0 Å². The minimum atomic E-state index is -0.857. The molecule has 5 nitrogen and oxygen atoms in total. The zero-order chi connectivity index (χ0) is 23.1. The van der Waals surface area contributed by atoms with Gasteiger partial charge in [-0.3, -0.25) is 0 Å². The first-order valence-electron chi connectivity index (χ1n) is 12.2. The highest BCUT2D eigenvalue weighted by Crippen LogP contribution is 2.38. The number of anilines is 1. The molecule has 1 heterocycles. The molecule has 0 aromatic carbocycles. The van der Waals surface area contributed by atoms with Crippen LogP contribution >= 0.6 is 11.3 Å². The van der Waals surface area contributed by atoms with Crippen LogP contribution in [0.25, 0.3) is 0 Å². The standard InChI is InChI=1S/C26H39NO4S/c1-18(2)4-13-23-16-24(25(32-23)26(29)30)27(17-20-7-5-19(3)6-8-20)21-9-11-22(12-10-21)31-15-14-28/h16,18-22,28H,5-12,14-15,17H2,1-3H3,(H,29,30). The van der Waals surface area contributed by atoms with Crippen molar-refractivity contribution in [2.24, 2.45) is 17.8 Å². The smallest absolute Gasteiger partial charge is 0.348 e. The summed E-state index contributed by atoms with van der Waals surface area (Å²) in [6, 6.07) is 2.34. The van der Waals surface area contributed by atoms with Crippen LogP contribution in [0.15, 0.2) is 6.07 Å². The maximum absolute atomic E-state index is 12.2. The lowest BCUT2D eigenvalue weighted by Gasteiger charge is -2.41. The third kappa shape index (κ3) is 6.97. The van der Waals surface area contributed by atoms with Crippen molar-refractivity contribution in [3.05, 3.63) is 15.8 Å². The summed E-state index contributed by atoms with van der Waals surface area (Å²) < 4.78 is 5.77. The Morgan fingerprint density at radius 1 is 1.19 bits per heavy atom. The predicted molar refractivity (Wildman–Crippen MR) is 131 cm³/mol. The van der Waals surface area contributed by atoms with Gasteiger partial charge in [-0.25, -0.2) is 4.79 Å². The monoisotopic (exact) mass is 461 g/mol. The number of aromatic carboxylic acids is 1. The molecule has 0 saturated heterocycles. The van der Waals surface area contributed by atoms with Gasteiger partial charge in [0, 0.05) is 18.5 Å². The summed E-state index contributed by atoms with van der Waals surface area (Å²) in [7, 11) is 0. The Bertz CT molecular complexity index is 792. The minimum Gasteiger partial charge on any atom is -0.477 e. The molecule has 2 aliphatic rings. The molecule has 2 aliphatic carbocycles. The van der Waals surface area contributed by atoms with E-state index in [2.05, 4.69) is 23.7 Å². The Hall–Kier alpha value is -1.55. The quantitative estimate of drug-likeness (QED) is 0.507. The first-order chi connectivity index (χ1) is 15.4. The third-order valence-electron chi connectivity index (χ3n) is 6.82. The number of hydrogen-bond donors (Lipinski definition) is 2. The van der Waals surface area contributed by atoms with Gasteiger partial charge in [-0.05, 0) is 56.4 Å². The van der Waals surface area contributed by atoms with Crippen LogP contribution in [0.4, 0.5) is 5.69 Å². The number of aliphatic hydroxyl groups excluding tert-OH is 1. The summed E-state index contributed by atoms with van der Waals surface area (Å²) in [5, 5.41) is 19.0. The van der Waals surface area contributed by atoms with Crippen molar-refractivity contribution in [3.63, 3.8) is 0 Å². The molecule has 2 fully saturated rings. The second-order valence-electron chi connectivity index (χ2n) is 9.86. The third-order valence-corrected chi connectivity index (χ3v) is 7.85. The SMILES string of the molecule is CC(C)C#Cc1cc(N(CC2CCC(C)CC2)C2CCC(OCCO)CC2)c(C(=O)O)s1. The van der Waals surface area contributed by atoms with Gasteiger partial charge >= 0.3 is 5.97 Å². The maximum Gasteiger partial charge on any atom is 0.348 e. The molecular formula is C26H39NO4S. The Balaban J connectivity index is 1.84. The van der Waals surface area contributed by atoms with E-state index in [-0.39, 0.29) is 18.6 Å². The topological polar surface area (TPSA) is 70.0 Å². The van der Waals surface area contributed by atoms with Crippen LogP contribution in [0.2, 0.25) is 0 Å². The van der Waals surface area contributed by atoms with E-state index in [1.54, 1.807) is 0 Å². The first-order valence-corrected chi connectivity index (χ1v) is 13.1. The molecule has 32 heavy (non-hydrogen) atoms. The van der Waals surface area contributed by atoms with E-state index in [1.807, 2.05) is 19.9 Å². The molecule has 0 radical (unpaired) electrons. The van der Waals surface area contributed by atoms with E-state index in [1.165, 1.54) is 37.0 Å². The molecule has 0 bridgehead atoms. The summed E-state index contributed by atoms with van der Waals surface area (Å²) in [6.07, 6.45) is 9.05. The number of hydrogen-bond acceptors (Lipinski definition) is 5. The molecule has 6 heteroatoms. The summed E-state index contributed by atoms with van der Waals surface area (Å²) in [5.74, 6) is 7.18. The van der Waals surface area contributed by atoms with E-state index in [0.29, 0.717) is 23.4 Å². The zero-order valence-electron chi connectivity index (χ0n) is 19.8. The second-order valence-corrected chi connectivity index (χ2v) is 10.9. The number of ether oxygens (including phenoxy) is 1. The van der Waals surface area contributed by atoms with E-state index in [4.69, 9.17) is 9.84 Å². The van der Waals surface area contributed by atoms with Crippen molar-refractivity contribution in [1.82, 2.24) is 0 Å². The Kier molecular flexibility index (Phi) is 9.46. The van der Waals surface area contributed by atoms with E-state index < -0.39 is 5.97 Å². The van der Waals surface area contributed by atoms with Crippen molar-refractivity contribution in [2.75, 3.05) is 24.7 Å². The zero-order valence-corrected chi connectivity index (χ0v) is 20.6. The molecule has 0 amide bonds. The average molecular weight is 462 g/mol. The summed E-state index contributed by atoms with van der Waals surface area (Å²) in [4.78, 5) is 15.8. The Morgan fingerprint density at radius 2 is 1.88 bits per heavy atom. The molecule has 1 aromatic rings. The molecule has 0 spiro atoms. The fraction of sp³-hybridized carbons (Fsp3) is 0.731. The molecule has 1 aromatic heterocycles. The first kappa shape index (κ1) is 25.1. The van der Waals surface area contributed by atoms with Gasteiger partial charge < -0.3 is 19.8 Å². The number of carboxylic acid groups (broad SMARTS) is 1. The number of aliphatic hydroxyl groups is 1. The number of carboxylic acids is 1. The lowest BCUT2D eigenvalue weighted by atomic mass is 9.82. The fourth-order valence-electron chi connectivity index (χ4n) is 5.00. The highest BCUT2D eigenvalue weighted by atomic mass is 32.1. The number of carbonyl (C=O) groups is 1. The molecule has 178 valence electrons. The molecule has 0 atom stereocenters. The van der Waals surface area contributed by atoms with Gasteiger partial charge in [0.2, 0.25) is 0 Å². The average Bonchev–Trinajstić information content (AvgIpc) is 3.21. The van der Waals surface area contributed by atoms with Gasteiger partial charge in [0.1, 0.15) is 4.88 Å². The van der Waals surface area contributed by atoms with Crippen LogP contribution in [0.5, 0.6) is 0 Å². The normalized spacial score (nSPS) is 25.9. The lowest BCUT2D eigenvalue weighted by molar-refractivity contribution is 0.00556. The Morgan fingerprint density at radius 3 is 2.47 bits per heavy atom. The van der Waals surface area contributed by atoms with Crippen molar-refractivity contribution < 1.29 is 19.7 Å². The minimum absolute atomic E-state index is 0.0588. The van der Waals surface area contributed by atoms with Gasteiger partial charge in [-0.1, -0.05) is 45.5 Å². The summed E-state index contributed by atoms with van der Waals surface area (Å²) in [6.45, 7) is 7.81. The van der Waals surface area contributed by atoms with E-state index >= 15 is 0 Å². The van der Waals surface area contributed by atoms with Crippen LogP contribution < -0.4 is 4.90 Å². The van der Waals surface area contributed by atoms with Crippen LogP contribution in [-0.2, 0) is 4.74 Å². The number of rotatable bonds is 8. The van der Waals surface area contributed by atoms with Crippen LogP contribution in [0.3, 0.4) is 0 Å². The van der Waals surface area contributed by atoms with Crippen LogP contribution in [0, 0.1) is 29.6 Å². The molecule has 0 aliphatic heterocycles. The fourth-order valence-corrected chi connectivity index (χ4v) is 5.87. The summed E-state index contributed by atoms with van der Waals surface area (Å²) >= 11 is 1.31. The van der Waals surface area contributed by atoms with Crippen molar-refractivity contribution >= 4 is 23.0 Å². The molecule has 0 unspecified atom stereocenters. The molecular weight excluding hydrogens is 422 g/mol. The van der Waals surface area contributed by atoms with Crippen molar-refractivity contribution in [2.45, 2.75) is 84.3 Å². The molecule has 3 rings (SSSR count). The molecule has 2 N–H and O–H groups in total. The van der Waals surface area contributed by atoms with Gasteiger partial charge in [-0.15, -0.1) is 11.3 Å². The van der Waals surface area contributed by atoms with Gasteiger partial charge in [0.25, 0.3) is 0 Å². The number of thiophene rings is 1. The van der Waals surface area contributed by atoms with Crippen LogP contribution in [0.1, 0.15) is 86.7 Å². The summed E-state index contributed by atoms with van der Waals surface area (Å²) in [5.41, 5.74) is 0.855. The highest BCUT2D eigenvalue weighted by molar-refractivity contribution is 7.15. The second kappa shape index (κ2) is 12.1. The van der Waals surface area contributed by atoms with E-state index in [9.17, 15) is 9.90 Å². The largest absolute Gasteiger partial charge is 0.477 e. The molecule has 2 saturated carbocycles. The maximum atomic E-state index is 12.2. The number of nitrogens with zero attached hydrogens (tertiary/aromatic N) is 1. The van der Waals surface area contributed by atoms with Crippen LogP contribution in [-0.4, -0.2) is 48.1 Å². The van der Waals surface area contributed by atoms with E-state index in [0.717, 1.165) is 48.7 Å². The predicted octanol–water partition coefficient (Wildman–Crippen LogP) is 5.41. The van der Waals surface area contributed by atoms with Gasteiger partial charge in [0.05, 0.1) is 29.9 Å². The van der Waals surface area contributed by atoms with Crippen molar-refractivity contribution in [1.29, 1.82) is 0 Å². The highest BCUT2D eigenvalue weighted by Gasteiger charge is 2.32.